The van der Waals surface area contributed by atoms with Crippen molar-refractivity contribution < 1.29 is 9.59 Å². The van der Waals surface area contributed by atoms with Crippen LogP contribution in [0.15, 0.2) is 24.3 Å². The van der Waals surface area contributed by atoms with E-state index in [9.17, 15) is 9.59 Å². The van der Waals surface area contributed by atoms with Gasteiger partial charge in [0.1, 0.15) is 0 Å². The largest absolute Gasteiger partial charge is 0.355 e. The molecule has 5 heteroatoms. The Labute approximate surface area is 115 Å². The Hall–Kier alpha value is -1.36. The third-order valence-electron chi connectivity index (χ3n) is 2.60. The molecule has 0 aliphatic heterocycles. The highest BCUT2D eigenvalue weighted by molar-refractivity contribution is 9.09. The summed E-state index contributed by atoms with van der Waals surface area (Å²) >= 11 is 3.25. The molecule has 0 saturated carbocycles. The number of alkyl halides is 1. The maximum absolute atomic E-state index is 11.6. The second kappa shape index (κ2) is 7.16. The highest BCUT2D eigenvalue weighted by atomic mass is 79.9. The summed E-state index contributed by atoms with van der Waals surface area (Å²) in [6.07, 6.45) is 0.493. The molecule has 98 valence electrons. The Bertz CT molecular complexity index is 418. The van der Waals surface area contributed by atoms with Crippen molar-refractivity contribution in [2.45, 2.75) is 13.0 Å². The van der Waals surface area contributed by atoms with Crippen LogP contribution in [0, 0.1) is 0 Å². The molecule has 0 aliphatic carbocycles. The van der Waals surface area contributed by atoms with E-state index in [1.807, 2.05) is 12.1 Å². The first-order valence-corrected chi connectivity index (χ1v) is 6.81. The summed E-state index contributed by atoms with van der Waals surface area (Å²) in [6.45, 7) is 0.555. The maximum atomic E-state index is 11.6. The molecule has 1 rings (SSSR count). The average Bonchev–Trinajstić information content (AvgIpc) is 2.39. The monoisotopic (exact) mass is 312 g/mol. The molecular formula is C13H17BrN2O2. The Kier molecular flexibility index (Phi) is 5.85. The van der Waals surface area contributed by atoms with Crippen molar-refractivity contribution in [3.8, 4) is 0 Å². The number of rotatable bonds is 5. The molecule has 0 saturated heterocycles. The first-order valence-electron chi connectivity index (χ1n) is 5.69. The summed E-state index contributed by atoms with van der Waals surface area (Å²) in [7, 11) is 3.38. The molecule has 4 nitrogen and oxygen atoms in total. The lowest BCUT2D eigenvalue weighted by molar-refractivity contribution is -0.129. The lowest BCUT2D eigenvalue weighted by Gasteiger charge is -2.16. The molecule has 1 aromatic carbocycles. The fourth-order valence-electron chi connectivity index (χ4n) is 1.54. The lowest BCUT2D eigenvalue weighted by atomic mass is 10.1. The van der Waals surface area contributed by atoms with E-state index in [0.29, 0.717) is 23.9 Å². The van der Waals surface area contributed by atoms with E-state index in [4.69, 9.17) is 0 Å². The fraction of sp³-hybridized carbons (Fsp3) is 0.385. The highest BCUT2D eigenvalue weighted by Crippen LogP contribution is 2.08. The molecule has 18 heavy (non-hydrogen) atoms. The van der Waals surface area contributed by atoms with Gasteiger partial charge >= 0.3 is 0 Å². The molecule has 0 bridgehead atoms. The zero-order chi connectivity index (χ0) is 13.5. The third-order valence-corrected chi connectivity index (χ3v) is 2.99. The van der Waals surface area contributed by atoms with E-state index in [-0.39, 0.29) is 11.8 Å². The molecule has 0 aromatic heterocycles. The Balaban J connectivity index is 2.63. The van der Waals surface area contributed by atoms with E-state index < -0.39 is 0 Å². The first-order chi connectivity index (χ1) is 8.58. The van der Waals surface area contributed by atoms with Gasteiger partial charge in [0.05, 0.1) is 0 Å². The number of hydrogen-bond acceptors (Lipinski definition) is 2. The predicted octanol–water partition coefficient (Wildman–Crippen LogP) is 1.79. The Morgan fingerprint density at radius 3 is 2.39 bits per heavy atom. The van der Waals surface area contributed by atoms with Gasteiger partial charge in [-0.25, -0.2) is 0 Å². The molecule has 0 heterocycles. The molecule has 0 aliphatic rings. The van der Waals surface area contributed by atoms with Crippen molar-refractivity contribution >= 4 is 27.7 Å². The van der Waals surface area contributed by atoms with Gasteiger partial charge in [-0.2, -0.15) is 0 Å². The molecule has 0 spiro atoms. The van der Waals surface area contributed by atoms with Crippen LogP contribution in [-0.4, -0.2) is 36.1 Å². The smallest absolute Gasteiger partial charge is 0.251 e. The second-order valence-electron chi connectivity index (χ2n) is 3.96. The van der Waals surface area contributed by atoms with Crippen molar-refractivity contribution in [3.05, 3.63) is 35.4 Å². The molecule has 0 fully saturated rings. The van der Waals surface area contributed by atoms with Crippen LogP contribution < -0.4 is 5.32 Å². The lowest BCUT2D eigenvalue weighted by Crippen LogP contribution is -2.26. The molecule has 0 atom stereocenters. The molecule has 1 aromatic rings. The zero-order valence-corrected chi connectivity index (χ0v) is 12.2. The quantitative estimate of drug-likeness (QED) is 0.843. The molecule has 2 amide bonds. The Morgan fingerprint density at radius 1 is 1.28 bits per heavy atom. The van der Waals surface area contributed by atoms with Crippen molar-refractivity contribution in [3.63, 3.8) is 0 Å². The van der Waals surface area contributed by atoms with Gasteiger partial charge in [-0.1, -0.05) is 28.1 Å². The van der Waals surface area contributed by atoms with Crippen LogP contribution >= 0.6 is 15.9 Å². The highest BCUT2D eigenvalue weighted by Gasteiger charge is 2.08. The van der Waals surface area contributed by atoms with Crippen LogP contribution in [0.4, 0.5) is 0 Å². The Morgan fingerprint density at radius 2 is 1.89 bits per heavy atom. The van der Waals surface area contributed by atoms with E-state index >= 15 is 0 Å². The summed E-state index contributed by atoms with van der Waals surface area (Å²) in [4.78, 5) is 24.6. The van der Waals surface area contributed by atoms with Gasteiger partial charge in [-0.05, 0) is 17.7 Å². The minimum Gasteiger partial charge on any atom is -0.355 e. The van der Waals surface area contributed by atoms with Gasteiger partial charge in [0.2, 0.25) is 5.91 Å². The van der Waals surface area contributed by atoms with E-state index in [1.54, 1.807) is 31.1 Å². The van der Waals surface area contributed by atoms with E-state index in [0.717, 1.165) is 5.56 Å². The van der Waals surface area contributed by atoms with Crippen LogP contribution in [0.1, 0.15) is 22.3 Å². The van der Waals surface area contributed by atoms with Gasteiger partial charge in [0, 0.05) is 38.0 Å². The minimum absolute atomic E-state index is 0.0993. The van der Waals surface area contributed by atoms with Crippen molar-refractivity contribution in [2.24, 2.45) is 0 Å². The minimum atomic E-state index is -0.106. The number of hydrogen-bond donors (Lipinski definition) is 1. The van der Waals surface area contributed by atoms with Gasteiger partial charge < -0.3 is 10.2 Å². The number of benzene rings is 1. The van der Waals surface area contributed by atoms with Crippen LogP contribution in [-0.2, 0) is 11.3 Å². The van der Waals surface area contributed by atoms with Crippen LogP contribution in [0.25, 0.3) is 0 Å². The van der Waals surface area contributed by atoms with Gasteiger partial charge in [0.25, 0.3) is 5.91 Å². The van der Waals surface area contributed by atoms with E-state index in [2.05, 4.69) is 21.2 Å². The normalized spacial score (nSPS) is 9.94. The van der Waals surface area contributed by atoms with Gasteiger partial charge in [0.15, 0.2) is 0 Å². The number of nitrogens with one attached hydrogen (secondary N) is 1. The fourth-order valence-corrected chi connectivity index (χ4v) is 1.88. The van der Waals surface area contributed by atoms with Gasteiger partial charge in [-0.15, -0.1) is 0 Å². The summed E-state index contributed by atoms with van der Waals surface area (Å²) in [5, 5.41) is 3.24. The first kappa shape index (κ1) is 14.7. The van der Waals surface area contributed by atoms with Crippen LogP contribution in [0.2, 0.25) is 0 Å². The maximum Gasteiger partial charge on any atom is 0.251 e. The topological polar surface area (TPSA) is 49.4 Å². The number of halogens is 1. The average molecular weight is 313 g/mol. The number of nitrogens with zero attached hydrogens (tertiary/aromatic N) is 1. The van der Waals surface area contributed by atoms with Gasteiger partial charge in [-0.3, -0.25) is 9.59 Å². The third kappa shape index (κ3) is 4.14. The SMILES string of the molecule is CNC(=O)c1ccc(CN(C)C(=O)CCBr)cc1. The van der Waals surface area contributed by atoms with Crippen molar-refractivity contribution in [2.75, 3.05) is 19.4 Å². The number of carbonyl (C=O) groups is 2. The molecular weight excluding hydrogens is 296 g/mol. The molecule has 0 radical (unpaired) electrons. The number of amides is 2. The second-order valence-corrected chi connectivity index (χ2v) is 4.76. The summed E-state index contributed by atoms with van der Waals surface area (Å²) in [5.41, 5.74) is 1.63. The van der Waals surface area contributed by atoms with E-state index in [1.165, 1.54) is 0 Å². The summed E-state index contributed by atoms with van der Waals surface area (Å²) in [5.74, 6) is -0.00692. The van der Waals surface area contributed by atoms with Crippen LogP contribution in [0.3, 0.4) is 0 Å². The standard InChI is InChI=1S/C13H17BrN2O2/c1-15-13(18)11-5-3-10(4-6-11)9-16(2)12(17)7-8-14/h3-6H,7-9H2,1-2H3,(H,15,18). The predicted molar refractivity (Wildman–Crippen MR) is 74.7 cm³/mol. The van der Waals surface area contributed by atoms with Crippen molar-refractivity contribution in [1.29, 1.82) is 0 Å². The molecule has 1 N–H and O–H groups in total. The summed E-state index contributed by atoms with van der Waals surface area (Å²) in [6, 6.07) is 7.25. The zero-order valence-electron chi connectivity index (χ0n) is 10.6. The van der Waals surface area contributed by atoms with Crippen LogP contribution in [0.5, 0.6) is 0 Å². The van der Waals surface area contributed by atoms with Crippen molar-refractivity contribution in [1.82, 2.24) is 10.2 Å². The number of carbonyl (C=O) groups excluding carboxylic acids is 2. The summed E-state index contributed by atoms with van der Waals surface area (Å²) < 4.78 is 0. The molecule has 0 unspecified atom stereocenters.